The number of aromatic nitrogens is 1. The molecule has 0 spiro atoms. The summed E-state index contributed by atoms with van der Waals surface area (Å²) in [5.74, 6) is 0. The predicted octanol–water partition coefficient (Wildman–Crippen LogP) is -1.34. The van der Waals surface area contributed by atoms with Crippen LogP contribution in [0.4, 0.5) is 0 Å². The molecular formula is C3H3NSe2. The third-order valence-corrected chi connectivity index (χ3v) is 3.02. The molecule has 0 aliphatic heterocycles. The summed E-state index contributed by atoms with van der Waals surface area (Å²) in [7, 11) is 0. The van der Waals surface area contributed by atoms with Crippen LogP contribution in [-0.2, 0) is 0 Å². The second kappa shape index (κ2) is 1.94. The van der Waals surface area contributed by atoms with Gasteiger partial charge in [0.05, 0.1) is 0 Å². The van der Waals surface area contributed by atoms with Crippen molar-refractivity contribution in [3.8, 4) is 0 Å². The van der Waals surface area contributed by atoms with E-state index in [2.05, 4.69) is 25.9 Å². The summed E-state index contributed by atoms with van der Waals surface area (Å²) in [6.07, 6.45) is 1.85. The molecule has 0 saturated heterocycles. The molecule has 1 rings (SSSR count). The van der Waals surface area contributed by atoms with Crippen LogP contribution >= 0.6 is 0 Å². The van der Waals surface area contributed by atoms with Gasteiger partial charge in [-0.3, -0.25) is 0 Å². The summed E-state index contributed by atoms with van der Waals surface area (Å²) in [5, 5.41) is 0. The molecule has 3 heteroatoms. The van der Waals surface area contributed by atoms with Gasteiger partial charge in [0.25, 0.3) is 0 Å². The topological polar surface area (TPSA) is 12.9 Å². The minimum absolute atomic E-state index is 0.569. The molecule has 6 heavy (non-hydrogen) atoms. The van der Waals surface area contributed by atoms with E-state index in [0.29, 0.717) is 14.5 Å². The van der Waals surface area contributed by atoms with Gasteiger partial charge in [0, 0.05) is 0 Å². The Morgan fingerprint density at radius 1 is 1.83 bits per heavy atom. The van der Waals surface area contributed by atoms with Gasteiger partial charge in [-0.15, -0.1) is 0 Å². The molecule has 1 aromatic rings. The zero-order valence-corrected chi connectivity index (χ0v) is 6.55. The maximum absolute atomic E-state index is 3.97. The first-order valence-corrected chi connectivity index (χ1v) is 4.26. The van der Waals surface area contributed by atoms with E-state index < -0.39 is 0 Å². The fraction of sp³-hybridized carbons (Fsp3) is 0. The number of nitrogens with zero attached hydrogens (tertiary/aromatic N) is 1. The van der Waals surface area contributed by atoms with Gasteiger partial charge >= 0.3 is 50.1 Å². The molecule has 0 unspecified atom stereocenters. The Hall–Kier alpha value is 0.449. The summed E-state index contributed by atoms with van der Waals surface area (Å²) < 4.78 is 1.22. The molecule has 0 aromatic carbocycles. The Kier molecular flexibility index (Phi) is 1.49. The molecule has 0 radical (unpaired) electrons. The first kappa shape index (κ1) is 4.60. The standard InChI is InChI=1S/C3H3NSe2/c5-3-4-1-2-6-3/h1-2H,(H,4,5). The van der Waals surface area contributed by atoms with Crippen LogP contribution < -0.4 is 3.47 Å². The van der Waals surface area contributed by atoms with Crippen LogP contribution in [0.3, 0.4) is 0 Å². The molecular weight excluding hydrogens is 208 g/mol. The van der Waals surface area contributed by atoms with Gasteiger partial charge in [-0.1, -0.05) is 0 Å². The van der Waals surface area contributed by atoms with Crippen LogP contribution in [0.2, 0.25) is 0 Å². The van der Waals surface area contributed by atoms with Gasteiger partial charge < -0.3 is 0 Å². The summed E-state index contributed by atoms with van der Waals surface area (Å²) in [6.45, 7) is 0. The Morgan fingerprint density at radius 2 is 2.67 bits per heavy atom. The third-order valence-electron chi connectivity index (χ3n) is 0.419. The van der Waals surface area contributed by atoms with Gasteiger partial charge in [-0.05, 0) is 0 Å². The monoisotopic (exact) mass is 213 g/mol. The average molecular weight is 211 g/mol. The van der Waals surface area contributed by atoms with Gasteiger partial charge in [-0.2, -0.15) is 0 Å². The molecule has 0 fully saturated rings. The van der Waals surface area contributed by atoms with Crippen molar-refractivity contribution in [2.24, 2.45) is 0 Å². The minimum atomic E-state index is 0.569. The van der Waals surface area contributed by atoms with E-state index in [1.54, 1.807) is 0 Å². The first-order valence-electron chi connectivity index (χ1n) is 1.48. The van der Waals surface area contributed by atoms with Crippen LogP contribution in [0, 0.1) is 0 Å². The van der Waals surface area contributed by atoms with E-state index >= 15 is 0 Å². The van der Waals surface area contributed by atoms with Crippen LogP contribution in [0.5, 0.6) is 0 Å². The predicted molar refractivity (Wildman–Crippen MR) is 28.0 cm³/mol. The molecule has 1 heterocycles. The van der Waals surface area contributed by atoms with Crippen molar-refractivity contribution >= 4 is 34.0 Å². The van der Waals surface area contributed by atoms with Crippen LogP contribution in [-0.4, -0.2) is 35.5 Å². The quantitative estimate of drug-likeness (QED) is 0.484. The molecule has 0 atom stereocenters. The number of hydrogen-bond donors (Lipinski definition) is 0. The third kappa shape index (κ3) is 0.954. The molecule has 1 aromatic heterocycles. The van der Waals surface area contributed by atoms with E-state index in [9.17, 15) is 0 Å². The average Bonchev–Trinajstić information content (AvgIpc) is 1.86. The van der Waals surface area contributed by atoms with Gasteiger partial charge in [0.2, 0.25) is 0 Å². The zero-order chi connectivity index (χ0) is 4.41. The van der Waals surface area contributed by atoms with Gasteiger partial charge in [0.1, 0.15) is 0 Å². The molecule has 0 N–H and O–H groups in total. The second-order valence-electron chi connectivity index (χ2n) is 0.815. The molecule has 1 nitrogen and oxygen atoms in total. The molecule has 0 aliphatic carbocycles. The summed E-state index contributed by atoms with van der Waals surface area (Å²) in [5.41, 5.74) is 0. The van der Waals surface area contributed by atoms with E-state index in [4.69, 9.17) is 0 Å². The number of hydrogen-bond acceptors (Lipinski definition) is 1. The van der Waals surface area contributed by atoms with E-state index in [1.807, 2.05) is 6.20 Å². The Labute approximate surface area is 50.3 Å². The maximum atomic E-state index is 3.97. The molecule has 0 bridgehead atoms. The van der Waals surface area contributed by atoms with Crippen LogP contribution in [0.15, 0.2) is 11.1 Å². The Morgan fingerprint density at radius 3 is 2.83 bits per heavy atom. The van der Waals surface area contributed by atoms with E-state index in [-0.39, 0.29) is 0 Å². The van der Waals surface area contributed by atoms with E-state index in [0.717, 1.165) is 0 Å². The number of rotatable bonds is 0. The normalized spacial score (nSPS) is 8.83. The van der Waals surface area contributed by atoms with Crippen molar-refractivity contribution in [1.82, 2.24) is 4.98 Å². The molecule has 32 valence electrons. The second-order valence-corrected chi connectivity index (χ2v) is 5.06. The van der Waals surface area contributed by atoms with Crippen molar-refractivity contribution in [3.05, 3.63) is 11.1 Å². The molecule has 0 amide bonds. The fourth-order valence-corrected chi connectivity index (χ4v) is 1.79. The van der Waals surface area contributed by atoms with Crippen molar-refractivity contribution in [1.29, 1.82) is 0 Å². The van der Waals surface area contributed by atoms with E-state index in [1.165, 1.54) is 3.47 Å². The summed E-state index contributed by atoms with van der Waals surface area (Å²) >= 11 is 3.02. The van der Waals surface area contributed by atoms with Crippen LogP contribution in [0.25, 0.3) is 0 Å². The fourth-order valence-electron chi connectivity index (χ4n) is 0.216. The van der Waals surface area contributed by atoms with Crippen molar-refractivity contribution in [2.75, 3.05) is 0 Å². The molecule has 0 aliphatic rings. The summed E-state index contributed by atoms with van der Waals surface area (Å²) in [4.78, 5) is 6.07. The molecule has 0 saturated carbocycles. The van der Waals surface area contributed by atoms with Crippen molar-refractivity contribution < 1.29 is 0 Å². The first-order chi connectivity index (χ1) is 2.89. The van der Waals surface area contributed by atoms with Crippen LogP contribution in [0.1, 0.15) is 0 Å². The summed E-state index contributed by atoms with van der Waals surface area (Å²) in [6, 6.07) is 0. The van der Waals surface area contributed by atoms with Gasteiger partial charge in [0.15, 0.2) is 0 Å². The van der Waals surface area contributed by atoms with Crippen molar-refractivity contribution in [3.63, 3.8) is 0 Å². The Balaban J connectivity index is 3.05. The SMILES string of the molecule is [SeH]c1ncc[se]1. The zero-order valence-electron chi connectivity index (χ0n) is 2.96. The van der Waals surface area contributed by atoms with Crippen molar-refractivity contribution in [2.45, 2.75) is 0 Å². The van der Waals surface area contributed by atoms with Gasteiger partial charge in [-0.25, -0.2) is 0 Å². The Bertz CT molecular complexity index is 112.